The molecule has 1 heterocycles. The van der Waals surface area contributed by atoms with E-state index < -0.39 is 5.97 Å². The standard InChI is InChI=1S/C15H18N4O2/c1-10(2)17-15-16-9-8-13(19-15)18-12-7-5-4-6-11(12)14(20)21-3/h4-10H,1-3H3,(H2,16,17,18,19). The van der Waals surface area contributed by atoms with Crippen LogP contribution in [0.5, 0.6) is 0 Å². The van der Waals surface area contributed by atoms with Crippen LogP contribution in [-0.2, 0) is 4.74 Å². The van der Waals surface area contributed by atoms with Gasteiger partial charge in [0, 0.05) is 12.2 Å². The Kier molecular flexibility index (Phi) is 4.71. The number of methoxy groups -OCH3 is 1. The topological polar surface area (TPSA) is 76.1 Å². The number of esters is 1. The maximum absolute atomic E-state index is 11.7. The van der Waals surface area contributed by atoms with E-state index in [-0.39, 0.29) is 6.04 Å². The average molecular weight is 286 g/mol. The Morgan fingerprint density at radius 3 is 2.71 bits per heavy atom. The number of aromatic nitrogens is 2. The fraction of sp³-hybridized carbons (Fsp3) is 0.267. The largest absolute Gasteiger partial charge is 0.465 e. The van der Waals surface area contributed by atoms with Gasteiger partial charge in [-0.15, -0.1) is 0 Å². The highest BCUT2D eigenvalue weighted by molar-refractivity contribution is 5.96. The number of anilines is 3. The van der Waals surface area contributed by atoms with Gasteiger partial charge in [0.15, 0.2) is 0 Å². The molecule has 1 aromatic carbocycles. The molecule has 2 rings (SSSR count). The van der Waals surface area contributed by atoms with E-state index in [4.69, 9.17) is 4.74 Å². The Hall–Kier alpha value is -2.63. The molecule has 0 aliphatic carbocycles. The second kappa shape index (κ2) is 6.69. The molecule has 2 N–H and O–H groups in total. The van der Waals surface area contributed by atoms with Gasteiger partial charge in [-0.25, -0.2) is 9.78 Å². The Balaban J connectivity index is 2.24. The molecule has 0 unspecified atom stereocenters. The van der Waals surface area contributed by atoms with Crippen molar-refractivity contribution < 1.29 is 9.53 Å². The maximum atomic E-state index is 11.7. The van der Waals surface area contributed by atoms with Crippen molar-refractivity contribution in [1.82, 2.24) is 9.97 Å². The summed E-state index contributed by atoms with van der Waals surface area (Å²) in [6.07, 6.45) is 1.65. The van der Waals surface area contributed by atoms with Crippen LogP contribution in [0.4, 0.5) is 17.5 Å². The zero-order valence-corrected chi connectivity index (χ0v) is 12.3. The molecule has 0 aliphatic heterocycles. The summed E-state index contributed by atoms with van der Waals surface area (Å²) in [6, 6.07) is 9.08. The van der Waals surface area contributed by atoms with Crippen molar-refractivity contribution in [3.05, 3.63) is 42.1 Å². The van der Waals surface area contributed by atoms with E-state index in [0.717, 1.165) is 0 Å². The highest BCUT2D eigenvalue weighted by atomic mass is 16.5. The summed E-state index contributed by atoms with van der Waals surface area (Å²) in [7, 11) is 1.36. The first-order valence-corrected chi connectivity index (χ1v) is 6.64. The lowest BCUT2D eigenvalue weighted by Crippen LogP contribution is -2.13. The van der Waals surface area contributed by atoms with Crippen LogP contribution in [0.15, 0.2) is 36.5 Å². The summed E-state index contributed by atoms with van der Waals surface area (Å²) in [5.74, 6) is 0.739. The van der Waals surface area contributed by atoms with E-state index in [0.29, 0.717) is 23.0 Å². The number of nitrogens with one attached hydrogen (secondary N) is 2. The molecule has 6 heteroatoms. The zero-order valence-electron chi connectivity index (χ0n) is 12.3. The summed E-state index contributed by atoms with van der Waals surface area (Å²) in [6.45, 7) is 4.02. The summed E-state index contributed by atoms with van der Waals surface area (Å²) >= 11 is 0. The highest BCUT2D eigenvalue weighted by Gasteiger charge is 2.11. The van der Waals surface area contributed by atoms with Crippen molar-refractivity contribution in [3.63, 3.8) is 0 Å². The van der Waals surface area contributed by atoms with Gasteiger partial charge < -0.3 is 15.4 Å². The molecule has 0 saturated carbocycles. The molecule has 6 nitrogen and oxygen atoms in total. The molecule has 0 atom stereocenters. The number of carbonyl (C=O) groups excluding carboxylic acids is 1. The second-order valence-electron chi connectivity index (χ2n) is 4.73. The van der Waals surface area contributed by atoms with Gasteiger partial charge in [0.1, 0.15) is 5.82 Å². The lowest BCUT2D eigenvalue weighted by atomic mass is 10.2. The molecule has 0 radical (unpaired) electrons. The van der Waals surface area contributed by atoms with Gasteiger partial charge in [-0.3, -0.25) is 0 Å². The molecule has 0 fully saturated rings. The zero-order chi connectivity index (χ0) is 15.2. The third-order valence-corrected chi connectivity index (χ3v) is 2.67. The Labute approximate surface area is 123 Å². The van der Waals surface area contributed by atoms with Crippen LogP contribution >= 0.6 is 0 Å². The number of hydrogen-bond acceptors (Lipinski definition) is 6. The highest BCUT2D eigenvalue weighted by Crippen LogP contribution is 2.20. The monoisotopic (exact) mass is 286 g/mol. The molecule has 110 valence electrons. The summed E-state index contributed by atoms with van der Waals surface area (Å²) in [5.41, 5.74) is 1.09. The lowest BCUT2D eigenvalue weighted by Gasteiger charge is -2.12. The Morgan fingerprint density at radius 1 is 1.24 bits per heavy atom. The van der Waals surface area contributed by atoms with Crippen LogP contribution in [0.25, 0.3) is 0 Å². The fourth-order valence-electron chi connectivity index (χ4n) is 1.77. The first kappa shape index (κ1) is 14.8. The van der Waals surface area contributed by atoms with Crippen LogP contribution in [0, 0.1) is 0 Å². The van der Waals surface area contributed by atoms with Crippen molar-refractivity contribution in [2.45, 2.75) is 19.9 Å². The van der Waals surface area contributed by atoms with Crippen molar-refractivity contribution >= 4 is 23.4 Å². The first-order chi connectivity index (χ1) is 10.1. The summed E-state index contributed by atoms with van der Waals surface area (Å²) < 4.78 is 4.77. The van der Waals surface area contributed by atoms with E-state index in [1.807, 2.05) is 19.9 Å². The third-order valence-electron chi connectivity index (χ3n) is 2.67. The lowest BCUT2D eigenvalue weighted by molar-refractivity contribution is 0.0602. The van der Waals surface area contributed by atoms with Crippen molar-refractivity contribution in [2.24, 2.45) is 0 Å². The van der Waals surface area contributed by atoms with Crippen LogP contribution in [0.1, 0.15) is 24.2 Å². The average Bonchev–Trinajstić information content (AvgIpc) is 2.47. The Bertz CT molecular complexity index is 629. The third kappa shape index (κ3) is 3.92. The van der Waals surface area contributed by atoms with Gasteiger partial charge in [-0.2, -0.15) is 4.98 Å². The predicted molar refractivity (Wildman–Crippen MR) is 81.9 cm³/mol. The Morgan fingerprint density at radius 2 is 2.00 bits per heavy atom. The molecule has 0 spiro atoms. The number of benzene rings is 1. The van der Waals surface area contributed by atoms with E-state index >= 15 is 0 Å². The van der Waals surface area contributed by atoms with Crippen LogP contribution < -0.4 is 10.6 Å². The maximum Gasteiger partial charge on any atom is 0.339 e. The minimum Gasteiger partial charge on any atom is -0.465 e. The fourth-order valence-corrected chi connectivity index (χ4v) is 1.77. The van der Waals surface area contributed by atoms with Crippen molar-refractivity contribution in [3.8, 4) is 0 Å². The molecule has 0 amide bonds. The van der Waals surface area contributed by atoms with Gasteiger partial charge >= 0.3 is 5.97 Å². The van der Waals surface area contributed by atoms with Crippen molar-refractivity contribution in [1.29, 1.82) is 0 Å². The summed E-state index contributed by atoms with van der Waals surface area (Å²) in [4.78, 5) is 20.2. The minimum absolute atomic E-state index is 0.239. The van der Waals surface area contributed by atoms with Gasteiger partial charge in [0.05, 0.1) is 18.4 Å². The number of ether oxygens (including phenoxy) is 1. The molecular formula is C15H18N4O2. The van der Waals surface area contributed by atoms with Crippen LogP contribution in [0.3, 0.4) is 0 Å². The number of para-hydroxylation sites is 1. The molecule has 0 bridgehead atoms. The number of hydrogen-bond donors (Lipinski definition) is 2. The van der Waals surface area contributed by atoms with Gasteiger partial charge in [0.25, 0.3) is 0 Å². The van der Waals surface area contributed by atoms with Gasteiger partial charge in [-0.1, -0.05) is 12.1 Å². The van der Waals surface area contributed by atoms with E-state index in [9.17, 15) is 4.79 Å². The number of carbonyl (C=O) groups is 1. The molecule has 0 aliphatic rings. The second-order valence-corrected chi connectivity index (χ2v) is 4.73. The molecule has 2 aromatic rings. The molecule has 1 aromatic heterocycles. The van der Waals surface area contributed by atoms with Crippen LogP contribution in [-0.4, -0.2) is 29.1 Å². The first-order valence-electron chi connectivity index (χ1n) is 6.64. The van der Waals surface area contributed by atoms with Gasteiger partial charge in [-0.05, 0) is 32.0 Å². The smallest absolute Gasteiger partial charge is 0.339 e. The van der Waals surface area contributed by atoms with E-state index in [1.54, 1.807) is 30.5 Å². The molecular weight excluding hydrogens is 268 g/mol. The summed E-state index contributed by atoms with van der Waals surface area (Å²) in [5, 5.41) is 6.24. The van der Waals surface area contributed by atoms with Crippen LogP contribution in [0.2, 0.25) is 0 Å². The van der Waals surface area contributed by atoms with E-state index in [2.05, 4.69) is 20.6 Å². The number of nitrogens with zero attached hydrogens (tertiary/aromatic N) is 2. The van der Waals surface area contributed by atoms with E-state index in [1.165, 1.54) is 7.11 Å². The van der Waals surface area contributed by atoms with Crippen molar-refractivity contribution in [2.75, 3.05) is 17.7 Å². The SMILES string of the molecule is COC(=O)c1ccccc1Nc1ccnc(NC(C)C)n1. The molecule has 0 saturated heterocycles. The quantitative estimate of drug-likeness (QED) is 0.823. The van der Waals surface area contributed by atoms with Gasteiger partial charge in [0.2, 0.25) is 5.95 Å². The molecule has 21 heavy (non-hydrogen) atoms. The predicted octanol–water partition coefficient (Wildman–Crippen LogP) is 2.83. The number of rotatable bonds is 5. The normalized spacial score (nSPS) is 10.3. The minimum atomic E-state index is -0.396.